The van der Waals surface area contributed by atoms with E-state index in [4.69, 9.17) is 5.73 Å². The van der Waals surface area contributed by atoms with Crippen LogP contribution in [-0.2, 0) is 0 Å². The van der Waals surface area contributed by atoms with Crippen molar-refractivity contribution in [3.8, 4) is 0 Å². The first-order chi connectivity index (χ1) is 5.61. The van der Waals surface area contributed by atoms with Gasteiger partial charge in [0.15, 0.2) is 0 Å². The zero-order valence-corrected chi connectivity index (χ0v) is 7.83. The Morgan fingerprint density at radius 2 is 2.17 bits per heavy atom. The van der Waals surface area contributed by atoms with E-state index in [9.17, 15) is 5.11 Å². The van der Waals surface area contributed by atoms with Gasteiger partial charge in [-0.2, -0.15) is 0 Å². The lowest BCUT2D eigenvalue weighted by Crippen LogP contribution is -2.22. The lowest BCUT2D eigenvalue weighted by atomic mass is 10.0. The van der Waals surface area contributed by atoms with E-state index in [1.807, 2.05) is 24.3 Å². The van der Waals surface area contributed by atoms with Gasteiger partial charge < -0.3 is 10.8 Å². The predicted molar refractivity (Wildman–Crippen MR) is 52.3 cm³/mol. The maximum Gasteiger partial charge on any atom is 0.0704 e. The minimum Gasteiger partial charge on any atom is -0.391 e. The fourth-order valence-corrected chi connectivity index (χ4v) is 1.25. The molecule has 0 aliphatic heterocycles. The Morgan fingerprint density at radius 1 is 1.50 bits per heavy atom. The van der Waals surface area contributed by atoms with E-state index in [0.29, 0.717) is 0 Å². The van der Waals surface area contributed by atoms with Gasteiger partial charge in [0, 0.05) is 4.90 Å². The summed E-state index contributed by atoms with van der Waals surface area (Å²) in [6.07, 6.45) is -0.528. The van der Waals surface area contributed by atoms with Gasteiger partial charge in [-0.3, -0.25) is 0 Å². The minimum atomic E-state index is -0.528. The molecule has 0 saturated heterocycles. The summed E-state index contributed by atoms with van der Waals surface area (Å²) in [6.45, 7) is 1.68. The fourth-order valence-electron chi connectivity index (χ4n) is 1.01. The van der Waals surface area contributed by atoms with Gasteiger partial charge in [-0.25, -0.2) is 0 Å². The average Bonchev–Trinajstić information content (AvgIpc) is 2.03. The standard InChI is InChI=1S/C9H13NOS/c1-6(11)9(10)7-3-2-4-8(12)5-7/h2-6,9,11-12H,10H2,1H3/t6-,9-/m0/s1. The van der Waals surface area contributed by atoms with Crippen LogP contribution < -0.4 is 5.73 Å². The molecule has 0 aliphatic rings. The van der Waals surface area contributed by atoms with Crippen molar-refractivity contribution in [2.75, 3.05) is 0 Å². The third-order valence-electron chi connectivity index (χ3n) is 1.77. The second-order valence-corrected chi connectivity index (χ2v) is 3.38. The molecule has 0 heterocycles. The number of thiol groups is 1. The van der Waals surface area contributed by atoms with E-state index in [1.165, 1.54) is 0 Å². The molecule has 0 spiro atoms. The molecule has 0 fully saturated rings. The second-order valence-electron chi connectivity index (χ2n) is 2.86. The quantitative estimate of drug-likeness (QED) is 0.606. The van der Waals surface area contributed by atoms with Gasteiger partial charge in [0.25, 0.3) is 0 Å². The molecule has 0 bridgehead atoms. The van der Waals surface area contributed by atoms with Gasteiger partial charge in [-0.05, 0) is 24.6 Å². The van der Waals surface area contributed by atoms with Crippen molar-refractivity contribution in [3.63, 3.8) is 0 Å². The molecule has 0 aliphatic carbocycles. The Morgan fingerprint density at radius 3 is 2.67 bits per heavy atom. The summed E-state index contributed by atoms with van der Waals surface area (Å²) in [5.41, 5.74) is 6.64. The number of nitrogens with two attached hydrogens (primary N) is 1. The van der Waals surface area contributed by atoms with Gasteiger partial charge in [0.2, 0.25) is 0 Å². The highest BCUT2D eigenvalue weighted by atomic mass is 32.1. The van der Waals surface area contributed by atoms with E-state index in [0.717, 1.165) is 10.5 Å². The summed E-state index contributed by atoms with van der Waals surface area (Å²) in [4.78, 5) is 0.864. The van der Waals surface area contributed by atoms with Crippen LogP contribution in [0.1, 0.15) is 18.5 Å². The van der Waals surface area contributed by atoms with Crippen molar-refractivity contribution in [2.24, 2.45) is 5.73 Å². The summed E-state index contributed by atoms with van der Waals surface area (Å²) in [6, 6.07) is 7.18. The molecule has 1 rings (SSSR count). The maximum absolute atomic E-state index is 9.22. The normalized spacial score (nSPS) is 15.7. The first-order valence-corrected chi connectivity index (χ1v) is 4.28. The molecule has 3 heteroatoms. The van der Waals surface area contributed by atoms with Crippen molar-refractivity contribution in [1.82, 2.24) is 0 Å². The topological polar surface area (TPSA) is 46.2 Å². The Labute approximate surface area is 77.8 Å². The lowest BCUT2D eigenvalue weighted by molar-refractivity contribution is 0.164. The largest absolute Gasteiger partial charge is 0.391 e. The molecule has 2 nitrogen and oxygen atoms in total. The molecule has 0 amide bonds. The van der Waals surface area contributed by atoms with Crippen molar-refractivity contribution >= 4 is 12.6 Å². The second kappa shape index (κ2) is 3.94. The van der Waals surface area contributed by atoms with Crippen molar-refractivity contribution in [1.29, 1.82) is 0 Å². The summed E-state index contributed by atoms with van der Waals surface area (Å²) in [5.74, 6) is 0. The molecular weight excluding hydrogens is 170 g/mol. The molecule has 1 aromatic rings. The smallest absolute Gasteiger partial charge is 0.0704 e. The summed E-state index contributed by atoms with van der Waals surface area (Å²) in [7, 11) is 0. The van der Waals surface area contributed by atoms with Gasteiger partial charge >= 0.3 is 0 Å². The maximum atomic E-state index is 9.22. The molecule has 0 unspecified atom stereocenters. The fraction of sp³-hybridized carbons (Fsp3) is 0.333. The molecule has 0 radical (unpaired) electrons. The van der Waals surface area contributed by atoms with Crippen LogP contribution in [0.5, 0.6) is 0 Å². The molecule has 1 aromatic carbocycles. The van der Waals surface area contributed by atoms with Crippen LogP contribution in [0.2, 0.25) is 0 Å². The summed E-state index contributed by atoms with van der Waals surface area (Å²) < 4.78 is 0. The number of rotatable bonds is 2. The molecule has 12 heavy (non-hydrogen) atoms. The van der Waals surface area contributed by atoms with Crippen molar-refractivity contribution < 1.29 is 5.11 Å². The van der Waals surface area contributed by atoms with E-state index in [2.05, 4.69) is 12.6 Å². The van der Waals surface area contributed by atoms with Gasteiger partial charge in [0.05, 0.1) is 12.1 Å². The van der Waals surface area contributed by atoms with E-state index in [-0.39, 0.29) is 6.04 Å². The number of hydrogen-bond acceptors (Lipinski definition) is 3. The summed E-state index contributed by atoms with van der Waals surface area (Å²) in [5, 5.41) is 9.22. The average molecular weight is 183 g/mol. The third-order valence-corrected chi connectivity index (χ3v) is 2.05. The van der Waals surface area contributed by atoms with Gasteiger partial charge in [-0.1, -0.05) is 12.1 Å². The molecular formula is C9H13NOS. The van der Waals surface area contributed by atoms with E-state index < -0.39 is 6.10 Å². The molecule has 2 atom stereocenters. The van der Waals surface area contributed by atoms with Crippen LogP contribution >= 0.6 is 12.6 Å². The highest BCUT2D eigenvalue weighted by Crippen LogP contribution is 2.17. The molecule has 66 valence electrons. The van der Waals surface area contributed by atoms with Crippen LogP contribution in [0.15, 0.2) is 29.2 Å². The molecule has 0 aromatic heterocycles. The van der Waals surface area contributed by atoms with Crippen LogP contribution in [-0.4, -0.2) is 11.2 Å². The van der Waals surface area contributed by atoms with Gasteiger partial charge in [0.1, 0.15) is 0 Å². The highest BCUT2D eigenvalue weighted by Gasteiger charge is 2.11. The predicted octanol–water partition coefficient (Wildman–Crippen LogP) is 1.36. The van der Waals surface area contributed by atoms with Crippen LogP contribution in [0.25, 0.3) is 0 Å². The Bertz CT molecular complexity index is 262. The van der Waals surface area contributed by atoms with Gasteiger partial charge in [-0.15, -0.1) is 12.6 Å². The number of hydrogen-bond donors (Lipinski definition) is 3. The third kappa shape index (κ3) is 2.24. The number of aliphatic hydroxyl groups is 1. The van der Waals surface area contributed by atoms with Crippen LogP contribution in [0.4, 0.5) is 0 Å². The highest BCUT2D eigenvalue weighted by molar-refractivity contribution is 7.80. The summed E-state index contributed by atoms with van der Waals surface area (Å²) >= 11 is 4.18. The first-order valence-electron chi connectivity index (χ1n) is 3.84. The van der Waals surface area contributed by atoms with E-state index >= 15 is 0 Å². The minimum absolute atomic E-state index is 0.322. The van der Waals surface area contributed by atoms with Crippen molar-refractivity contribution in [3.05, 3.63) is 29.8 Å². The van der Waals surface area contributed by atoms with Crippen LogP contribution in [0.3, 0.4) is 0 Å². The SMILES string of the molecule is C[C@H](O)[C@H](N)c1cccc(S)c1. The molecule has 3 N–H and O–H groups in total. The Hall–Kier alpha value is -0.510. The van der Waals surface area contributed by atoms with E-state index in [1.54, 1.807) is 6.92 Å². The number of benzene rings is 1. The molecule has 0 saturated carbocycles. The zero-order valence-electron chi connectivity index (χ0n) is 6.94. The van der Waals surface area contributed by atoms with Crippen molar-refractivity contribution in [2.45, 2.75) is 24.0 Å². The zero-order chi connectivity index (χ0) is 9.14. The Balaban J connectivity index is 2.88. The monoisotopic (exact) mass is 183 g/mol. The Kier molecular flexibility index (Phi) is 3.14. The van der Waals surface area contributed by atoms with Crippen LogP contribution in [0, 0.1) is 0 Å². The first kappa shape index (κ1) is 9.58. The lowest BCUT2D eigenvalue weighted by Gasteiger charge is -2.14. The number of aliphatic hydroxyl groups excluding tert-OH is 1.